The van der Waals surface area contributed by atoms with E-state index in [2.05, 4.69) is 5.32 Å². The molecule has 0 fully saturated rings. The van der Waals surface area contributed by atoms with Crippen LogP contribution in [0.1, 0.15) is 5.56 Å². The Morgan fingerprint density at radius 1 is 1.47 bits per heavy atom. The van der Waals surface area contributed by atoms with Gasteiger partial charge in [-0.15, -0.1) is 0 Å². The van der Waals surface area contributed by atoms with Gasteiger partial charge in [-0.05, 0) is 17.7 Å². The first kappa shape index (κ1) is 13.3. The molecule has 5 nitrogen and oxygen atoms in total. The van der Waals surface area contributed by atoms with Crippen LogP contribution in [-0.2, 0) is 16.0 Å². The number of amides is 1. The number of hydrogen-bond acceptors (Lipinski definition) is 3. The van der Waals surface area contributed by atoms with Crippen LogP contribution >= 0.6 is 11.6 Å². The van der Waals surface area contributed by atoms with Gasteiger partial charge in [-0.2, -0.15) is 0 Å². The number of methoxy groups -OCH3 is 1. The fourth-order valence-corrected chi connectivity index (χ4v) is 1.52. The molecule has 92 valence electrons. The molecule has 6 heteroatoms. The molecule has 0 heterocycles. The molecule has 17 heavy (non-hydrogen) atoms. The maximum absolute atomic E-state index is 11.3. The molecule has 0 unspecified atom stereocenters. The lowest BCUT2D eigenvalue weighted by Crippen LogP contribution is -2.30. The van der Waals surface area contributed by atoms with Crippen LogP contribution in [0.4, 0.5) is 0 Å². The molecule has 0 saturated carbocycles. The number of carbonyl (C=O) groups excluding carboxylic acids is 1. The van der Waals surface area contributed by atoms with Crippen molar-refractivity contribution < 1.29 is 19.4 Å². The minimum atomic E-state index is -1.08. The topological polar surface area (TPSA) is 75.6 Å². The molecular formula is C11H12ClNO4. The highest BCUT2D eigenvalue weighted by Gasteiger charge is 2.07. The Bertz CT molecular complexity index is 433. The van der Waals surface area contributed by atoms with Crippen LogP contribution in [0.3, 0.4) is 0 Å². The monoisotopic (exact) mass is 257 g/mol. The summed E-state index contributed by atoms with van der Waals surface area (Å²) in [5, 5.41) is 11.1. The molecule has 0 aliphatic rings. The third-order valence-corrected chi connectivity index (χ3v) is 2.31. The fraction of sp³-hybridized carbons (Fsp3) is 0.273. The summed E-state index contributed by atoms with van der Waals surface area (Å²) in [4.78, 5) is 21.6. The molecular weight excluding hydrogens is 246 g/mol. The molecule has 1 aromatic rings. The molecule has 0 bridgehead atoms. The average molecular weight is 258 g/mol. The first-order chi connectivity index (χ1) is 8.02. The highest BCUT2D eigenvalue weighted by molar-refractivity contribution is 6.32. The Kier molecular flexibility index (Phi) is 4.78. The SMILES string of the molecule is COc1ccc(CC(=O)NCC(=O)O)cc1Cl. The van der Waals surface area contributed by atoms with Crippen molar-refractivity contribution in [2.24, 2.45) is 0 Å². The third-order valence-electron chi connectivity index (χ3n) is 2.02. The van der Waals surface area contributed by atoms with Crippen molar-refractivity contribution in [3.05, 3.63) is 28.8 Å². The number of carboxylic acids is 1. The molecule has 0 aliphatic heterocycles. The van der Waals surface area contributed by atoms with E-state index in [1.807, 2.05) is 0 Å². The zero-order chi connectivity index (χ0) is 12.8. The van der Waals surface area contributed by atoms with E-state index in [1.165, 1.54) is 7.11 Å². The van der Waals surface area contributed by atoms with E-state index in [9.17, 15) is 9.59 Å². The summed E-state index contributed by atoms with van der Waals surface area (Å²) in [6, 6.07) is 4.97. The van der Waals surface area contributed by atoms with Crippen LogP contribution in [0, 0.1) is 0 Å². The van der Waals surface area contributed by atoms with Crippen LogP contribution < -0.4 is 10.1 Å². The zero-order valence-corrected chi connectivity index (χ0v) is 9.95. The van der Waals surface area contributed by atoms with Crippen LogP contribution in [0.15, 0.2) is 18.2 Å². The number of rotatable bonds is 5. The summed E-state index contributed by atoms with van der Waals surface area (Å²) in [7, 11) is 1.50. The first-order valence-electron chi connectivity index (χ1n) is 4.84. The van der Waals surface area contributed by atoms with Crippen molar-refractivity contribution in [3.63, 3.8) is 0 Å². The van der Waals surface area contributed by atoms with Gasteiger partial charge in [0.15, 0.2) is 0 Å². The minimum Gasteiger partial charge on any atom is -0.495 e. The molecule has 1 rings (SSSR count). The van der Waals surface area contributed by atoms with E-state index < -0.39 is 5.97 Å². The summed E-state index contributed by atoms with van der Waals surface area (Å²) in [5.74, 6) is -0.916. The molecule has 0 spiro atoms. The van der Waals surface area contributed by atoms with Crippen molar-refractivity contribution in [1.29, 1.82) is 0 Å². The van der Waals surface area contributed by atoms with Gasteiger partial charge in [-0.3, -0.25) is 9.59 Å². The van der Waals surface area contributed by atoms with Crippen LogP contribution in [0.5, 0.6) is 5.75 Å². The molecule has 0 atom stereocenters. The predicted molar refractivity (Wildman–Crippen MR) is 62.4 cm³/mol. The van der Waals surface area contributed by atoms with Gasteiger partial charge >= 0.3 is 5.97 Å². The van der Waals surface area contributed by atoms with Gasteiger partial charge in [0.05, 0.1) is 18.6 Å². The Morgan fingerprint density at radius 2 is 2.18 bits per heavy atom. The maximum atomic E-state index is 11.3. The molecule has 0 radical (unpaired) electrons. The first-order valence-corrected chi connectivity index (χ1v) is 5.21. The summed E-state index contributed by atoms with van der Waals surface area (Å²) < 4.78 is 4.97. The molecule has 2 N–H and O–H groups in total. The van der Waals surface area contributed by atoms with Gasteiger partial charge < -0.3 is 15.2 Å². The lowest BCUT2D eigenvalue weighted by atomic mass is 10.1. The molecule has 0 aliphatic carbocycles. The lowest BCUT2D eigenvalue weighted by Gasteiger charge is -2.06. The summed E-state index contributed by atoms with van der Waals surface area (Å²) >= 11 is 5.89. The van der Waals surface area contributed by atoms with E-state index in [4.69, 9.17) is 21.4 Å². The highest BCUT2D eigenvalue weighted by Crippen LogP contribution is 2.24. The summed E-state index contributed by atoms with van der Waals surface area (Å²) in [5.41, 5.74) is 0.693. The second-order valence-electron chi connectivity index (χ2n) is 3.32. The number of aliphatic carboxylic acids is 1. The van der Waals surface area contributed by atoms with Crippen LogP contribution in [-0.4, -0.2) is 30.6 Å². The van der Waals surface area contributed by atoms with E-state index in [-0.39, 0.29) is 18.9 Å². The Hall–Kier alpha value is -1.75. The van der Waals surface area contributed by atoms with Crippen molar-refractivity contribution in [1.82, 2.24) is 5.32 Å². The fourth-order valence-electron chi connectivity index (χ4n) is 1.24. The predicted octanol–water partition coefficient (Wildman–Crippen LogP) is 1.09. The highest BCUT2D eigenvalue weighted by atomic mass is 35.5. The lowest BCUT2D eigenvalue weighted by molar-refractivity contribution is -0.137. The average Bonchev–Trinajstić information content (AvgIpc) is 2.26. The third kappa shape index (κ3) is 4.32. The number of hydrogen-bond donors (Lipinski definition) is 2. The van der Waals surface area contributed by atoms with Crippen molar-refractivity contribution in [2.45, 2.75) is 6.42 Å². The van der Waals surface area contributed by atoms with E-state index in [0.29, 0.717) is 16.3 Å². The standard InChI is InChI=1S/C11H12ClNO4/c1-17-9-3-2-7(4-8(9)12)5-10(14)13-6-11(15)16/h2-4H,5-6H2,1H3,(H,13,14)(H,15,16). The van der Waals surface area contributed by atoms with Crippen molar-refractivity contribution in [3.8, 4) is 5.75 Å². The van der Waals surface area contributed by atoms with Gasteiger partial charge in [0, 0.05) is 0 Å². The van der Waals surface area contributed by atoms with Crippen molar-refractivity contribution in [2.75, 3.05) is 13.7 Å². The zero-order valence-electron chi connectivity index (χ0n) is 9.20. The second-order valence-corrected chi connectivity index (χ2v) is 3.72. The second kappa shape index (κ2) is 6.10. The Balaban J connectivity index is 2.60. The number of carbonyl (C=O) groups is 2. The normalized spacial score (nSPS) is 9.76. The van der Waals surface area contributed by atoms with E-state index in [1.54, 1.807) is 18.2 Å². The molecule has 1 amide bonds. The Labute approximate surface area is 103 Å². The van der Waals surface area contributed by atoms with Crippen LogP contribution in [0.25, 0.3) is 0 Å². The van der Waals surface area contributed by atoms with Crippen molar-refractivity contribution >= 4 is 23.5 Å². The van der Waals surface area contributed by atoms with E-state index in [0.717, 1.165) is 0 Å². The van der Waals surface area contributed by atoms with Gasteiger partial charge in [0.2, 0.25) is 5.91 Å². The number of halogens is 1. The molecule has 0 aromatic heterocycles. The number of ether oxygens (including phenoxy) is 1. The van der Waals surface area contributed by atoms with Gasteiger partial charge in [-0.25, -0.2) is 0 Å². The number of benzene rings is 1. The maximum Gasteiger partial charge on any atom is 0.322 e. The Morgan fingerprint density at radius 3 is 2.71 bits per heavy atom. The quantitative estimate of drug-likeness (QED) is 0.828. The summed E-state index contributed by atoms with van der Waals surface area (Å²) in [6.45, 7) is -0.386. The number of nitrogens with one attached hydrogen (secondary N) is 1. The smallest absolute Gasteiger partial charge is 0.322 e. The van der Waals surface area contributed by atoms with Crippen LogP contribution in [0.2, 0.25) is 5.02 Å². The largest absolute Gasteiger partial charge is 0.495 e. The van der Waals surface area contributed by atoms with E-state index >= 15 is 0 Å². The number of carboxylic acid groups (broad SMARTS) is 1. The van der Waals surface area contributed by atoms with Gasteiger partial charge in [0.1, 0.15) is 12.3 Å². The molecule has 0 saturated heterocycles. The minimum absolute atomic E-state index is 0.0804. The van der Waals surface area contributed by atoms with Gasteiger partial charge in [0.25, 0.3) is 0 Å². The van der Waals surface area contributed by atoms with Gasteiger partial charge in [-0.1, -0.05) is 17.7 Å². The molecule has 1 aromatic carbocycles. The summed E-state index contributed by atoms with van der Waals surface area (Å²) in [6.07, 6.45) is 0.0804.